The molecule has 6 heteroatoms. The van der Waals surface area contributed by atoms with Gasteiger partial charge in [0.25, 0.3) is 0 Å². The minimum absolute atomic E-state index is 0.152. The van der Waals surface area contributed by atoms with Crippen LogP contribution >= 0.6 is 0 Å². The van der Waals surface area contributed by atoms with Crippen molar-refractivity contribution in [2.75, 3.05) is 26.3 Å². The summed E-state index contributed by atoms with van der Waals surface area (Å²) in [6.07, 6.45) is 3.68. The molecule has 0 N–H and O–H groups in total. The maximum absolute atomic E-state index is 13.2. The Labute approximate surface area is 157 Å². The molecule has 1 spiro atoms. The first-order chi connectivity index (χ1) is 12.3. The van der Waals surface area contributed by atoms with Gasteiger partial charge >= 0.3 is 0 Å². The summed E-state index contributed by atoms with van der Waals surface area (Å²) in [6, 6.07) is 3.90. The molecule has 146 valence electrons. The fourth-order valence-electron chi connectivity index (χ4n) is 4.47. The van der Waals surface area contributed by atoms with E-state index < -0.39 is 10.0 Å². The van der Waals surface area contributed by atoms with Gasteiger partial charge in [-0.3, -0.25) is 0 Å². The number of rotatable bonds is 5. The van der Waals surface area contributed by atoms with E-state index in [0.29, 0.717) is 31.2 Å². The summed E-state index contributed by atoms with van der Waals surface area (Å²) in [4.78, 5) is 0.473. The number of aryl methyl sites for hydroxylation is 3. The normalized spacial score (nSPS) is 23.6. The van der Waals surface area contributed by atoms with E-state index in [0.717, 1.165) is 42.4 Å². The molecule has 2 fully saturated rings. The molecule has 0 saturated carbocycles. The maximum atomic E-state index is 13.2. The molecule has 1 atom stereocenters. The Balaban J connectivity index is 1.70. The smallest absolute Gasteiger partial charge is 0.243 e. The Morgan fingerprint density at radius 2 is 1.77 bits per heavy atom. The van der Waals surface area contributed by atoms with Gasteiger partial charge in [0, 0.05) is 19.7 Å². The molecule has 2 aliphatic heterocycles. The lowest BCUT2D eigenvalue weighted by molar-refractivity contribution is -0.0900. The summed E-state index contributed by atoms with van der Waals surface area (Å²) in [5.41, 5.74) is 2.59. The third-order valence-corrected chi connectivity index (χ3v) is 7.89. The molecule has 3 rings (SSSR count). The fraction of sp³-hybridized carbons (Fsp3) is 0.700. The van der Waals surface area contributed by atoms with Crippen LogP contribution < -0.4 is 0 Å². The van der Waals surface area contributed by atoms with Gasteiger partial charge in [-0.2, -0.15) is 4.31 Å². The number of hydrogen-bond acceptors (Lipinski definition) is 4. The van der Waals surface area contributed by atoms with Gasteiger partial charge in [-0.15, -0.1) is 0 Å². The molecule has 0 aromatic heterocycles. The van der Waals surface area contributed by atoms with Crippen LogP contribution in [-0.4, -0.2) is 50.7 Å². The zero-order valence-corrected chi connectivity index (χ0v) is 17.2. The minimum atomic E-state index is -3.46. The van der Waals surface area contributed by atoms with Crippen molar-refractivity contribution in [3.05, 3.63) is 28.8 Å². The molecule has 0 amide bonds. The summed E-state index contributed by atoms with van der Waals surface area (Å²) >= 11 is 0. The molecule has 2 saturated heterocycles. The van der Waals surface area contributed by atoms with E-state index in [1.165, 1.54) is 0 Å². The molecule has 1 aromatic rings. The molecular weight excluding hydrogens is 350 g/mol. The average Bonchev–Trinajstić information content (AvgIpc) is 2.94. The van der Waals surface area contributed by atoms with Crippen LogP contribution in [0.4, 0.5) is 0 Å². The van der Waals surface area contributed by atoms with Gasteiger partial charge in [-0.1, -0.05) is 17.7 Å². The van der Waals surface area contributed by atoms with E-state index in [1.54, 1.807) is 4.31 Å². The number of piperidine rings is 1. The van der Waals surface area contributed by atoms with Crippen molar-refractivity contribution >= 4 is 10.0 Å². The first kappa shape index (κ1) is 19.8. The Bertz CT molecular complexity index is 728. The zero-order valence-electron chi connectivity index (χ0n) is 16.4. The molecule has 5 nitrogen and oxygen atoms in total. The molecule has 1 unspecified atom stereocenters. The summed E-state index contributed by atoms with van der Waals surface area (Å²) in [5.74, 6) is 0. The van der Waals surface area contributed by atoms with Crippen LogP contribution in [0.3, 0.4) is 0 Å². The molecule has 2 heterocycles. The third kappa shape index (κ3) is 3.84. The second kappa shape index (κ2) is 7.58. The van der Waals surface area contributed by atoms with Gasteiger partial charge in [0.05, 0.1) is 23.2 Å². The van der Waals surface area contributed by atoms with Crippen molar-refractivity contribution in [2.45, 2.75) is 70.0 Å². The SMILES string of the molecule is CCOCC1CCC2(CCN(S(=O)(=O)c3c(C)cc(C)cc3C)CC2)O1. The van der Waals surface area contributed by atoms with Crippen LogP contribution in [0.25, 0.3) is 0 Å². The van der Waals surface area contributed by atoms with Crippen molar-refractivity contribution in [3.8, 4) is 0 Å². The van der Waals surface area contributed by atoms with E-state index in [1.807, 2.05) is 39.8 Å². The second-order valence-corrected chi connectivity index (χ2v) is 9.63. The van der Waals surface area contributed by atoms with Crippen molar-refractivity contribution in [1.29, 1.82) is 0 Å². The van der Waals surface area contributed by atoms with E-state index in [9.17, 15) is 8.42 Å². The summed E-state index contributed by atoms with van der Waals surface area (Å²) < 4.78 is 39.8. The highest BCUT2D eigenvalue weighted by Crippen LogP contribution is 2.40. The molecule has 2 aliphatic rings. The van der Waals surface area contributed by atoms with Gasteiger partial charge in [0.2, 0.25) is 10.0 Å². The standard InChI is InChI=1S/C20H31NO4S/c1-5-24-14-18-6-7-20(25-18)8-10-21(11-9-20)26(22,23)19-16(3)12-15(2)13-17(19)4/h12-13,18H,5-11,14H2,1-4H3. The maximum Gasteiger partial charge on any atom is 0.243 e. The highest BCUT2D eigenvalue weighted by atomic mass is 32.2. The Morgan fingerprint density at radius 1 is 1.15 bits per heavy atom. The molecule has 0 aliphatic carbocycles. The Hall–Kier alpha value is -0.950. The number of sulfonamides is 1. The largest absolute Gasteiger partial charge is 0.379 e. The lowest BCUT2D eigenvalue weighted by Gasteiger charge is -2.38. The first-order valence-corrected chi connectivity index (χ1v) is 11.0. The summed E-state index contributed by atoms with van der Waals surface area (Å²) in [5, 5.41) is 0. The summed E-state index contributed by atoms with van der Waals surface area (Å²) in [7, 11) is -3.46. The summed E-state index contributed by atoms with van der Waals surface area (Å²) in [6.45, 7) is 10.1. The fourth-order valence-corrected chi connectivity index (χ4v) is 6.32. The van der Waals surface area contributed by atoms with Crippen molar-refractivity contribution < 1.29 is 17.9 Å². The molecule has 1 aromatic carbocycles. The van der Waals surface area contributed by atoms with Crippen LogP contribution in [0, 0.1) is 20.8 Å². The zero-order chi connectivity index (χ0) is 18.9. The Morgan fingerprint density at radius 3 is 2.35 bits per heavy atom. The van der Waals surface area contributed by atoms with Crippen LogP contribution in [0.15, 0.2) is 17.0 Å². The van der Waals surface area contributed by atoms with Crippen LogP contribution in [0.1, 0.15) is 49.3 Å². The van der Waals surface area contributed by atoms with Crippen molar-refractivity contribution in [1.82, 2.24) is 4.31 Å². The molecule has 0 radical (unpaired) electrons. The molecule has 0 bridgehead atoms. The van der Waals surface area contributed by atoms with Gasteiger partial charge in [0.15, 0.2) is 0 Å². The quantitative estimate of drug-likeness (QED) is 0.785. The average molecular weight is 382 g/mol. The lowest BCUT2D eigenvalue weighted by Crippen LogP contribution is -2.47. The lowest BCUT2D eigenvalue weighted by atomic mass is 9.89. The van der Waals surface area contributed by atoms with Crippen molar-refractivity contribution in [3.63, 3.8) is 0 Å². The van der Waals surface area contributed by atoms with Gasteiger partial charge in [-0.05, 0) is 64.5 Å². The third-order valence-electron chi connectivity index (χ3n) is 5.68. The van der Waals surface area contributed by atoms with Crippen molar-refractivity contribution in [2.24, 2.45) is 0 Å². The minimum Gasteiger partial charge on any atom is -0.379 e. The van der Waals surface area contributed by atoms with Crippen LogP contribution in [0.2, 0.25) is 0 Å². The molecular formula is C20H31NO4S. The number of benzene rings is 1. The van der Waals surface area contributed by atoms with Gasteiger partial charge in [-0.25, -0.2) is 8.42 Å². The monoisotopic (exact) mass is 381 g/mol. The first-order valence-electron chi connectivity index (χ1n) is 9.61. The van der Waals surface area contributed by atoms with Crippen LogP contribution in [-0.2, 0) is 19.5 Å². The van der Waals surface area contributed by atoms with E-state index in [2.05, 4.69) is 0 Å². The van der Waals surface area contributed by atoms with Gasteiger partial charge < -0.3 is 9.47 Å². The second-order valence-electron chi connectivity index (χ2n) is 7.75. The Kier molecular flexibility index (Phi) is 5.78. The predicted octanol–water partition coefficient (Wildman–Crippen LogP) is 3.35. The van der Waals surface area contributed by atoms with Crippen LogP contribution in [0.5, 0.6) is 0 Å². The highest BCUT2D eigenvalue weighted by Gasteiger charge is 2.44. The predicted molar refractivity (Wildman–Crippen MR) is 102 cm³/mol. The molecule has 26 heavy (non-hydrogen) atoms. The van der Waals surface area contributed by atoms with Gasteiger partial charge in [0.1, 0.15) is 0 Å². The number of hydrogen-bond donors (Lipinski definition) is 0. The highest BCUT2D eigenvalue weighted by molar-refractivity contribution is 7.89. The number of nitrogens with zero attached hydrogens (tertiary/aromatic N) is 1. The van der Waals surface area contributed by atoms with E-state index in [-0.39, 0.29) is 11.7 Å². The number of ether oxygens (including phenoxy) is 2. The van der Waals surface area contributed by atoms with E-state index in [4.69, 9.17) is 9.47 Å². The topological polar surface area (TPSA) is 55.8 Å². The van der Waals surface area contributed by atoms with E-state index >= 15 is 0 Å².